The second-order valence-electron chi connectivity index (χ2n) is 13.5. The number of nitrogens with one attached hydrogen (secondary N) is 2. The second kappa shape index (κ2) is 19.4. The van der Waals surface area contributed by atoms with Gasteiger partial charge in [-0.2, -0.15) is 0 Å². The van der Waals surface area contributed by atoms with Gasteiger partial charge in [0.15, 0.2) is 0 Å². The first-order valence-electron chi connectivity index (χ1n) is 17.3. The molecular formula is C37H52N5O9P. The number of anilines is 4. The van der Waals surface area contributed by atoms with E-state index in [0.29, 0.717) is 29.6 Å². The van der Waals surface area contributed by atoms with Gasteiger partial charge in [0.2, 0.25) is 6.29 Å². The highest BCUT2D eigenvalue weighted by molar-refractivity contribution is 7.46. The maximum Gasteiger partial charge on any atom is 0.469 e. The van der Waals surface area contributed by atoms with Gasteiger partial charge in [-0.3, -0.25) is 14.2 Å². The third-order valence-electron chi connectivity index (χ3n) is 7.88. The largest absolute Gasteiger partial charge is 0.469 e. The molecule has 15 heteroatoms. The Labute approximate surface area is 306 Å². The summed E-state index contributed by atoms with van der Waals surface area (Å²) in [6.45, 7) is 15.0. The zero-order valence-electron chi connectivity index (χ0n) is 31.2. The van der Waals surface area contributed by atoms with Crippen LogP contribution >= 0.6 is 7.82 Å². The molecule has 1 heterocycles. The van der Waals surface area contributed by atoms with Crippen molar-refractivity contribution < 1.29 is 42.7 Å². The molecule has 284 valence electrons. The summed E-state index contributed by atoms with van der Waals surface area (Å²) in [6, 6.07) is 16.0. The minimum absolute atomic E-state index is 0.0195. The third-order valence-corrected chi connectivity index (χ3v) is 8.34. The first kappa shape index (κ1) is 41.9. The van der Waals surface area contributed by atoms with Crippen LogP contribution in [0.3, 0.4) is 0 Å². The predicted octanol–water partition coefficient (Wildman–Crippen LogP) is 7.81. The predicted molar refractivity (Wildman–Crippen MR) is 201 cm³/mol. The Morgan fingerprint density at radius 2 is 1.58 bits per heavy atom. The van der Waals surface area contributed by atoms with Crippen molar-refractivity contribution in [3.63, 3.8) is 0 Å². The molecule has 1 unspecified atom stereocenters. The molecule has 0 saturated heterocycles. The van der Waals surface area contributed by atoms with Crippen molar-refractivity contribution in [3.05, 3.63) is 77.5 Å². The molecule has 0 spiro atoms. The van der Waals surface area contributed by atoms with Gasteiger partial charge in [-0.05, 0) is 67.0 Å². The van der Waals surface area contributed by atoms with Crippen molar-refractivity contribution in [2.24, 2.45) is 11.8 Å². The van der Waals surface area contributed by atoms with E-state index in [4.69, 9.17) is 19.3 Å². The number of hydrogen-bond acceptors (Lipinski definition) is 9. The van der Waals surface area contributed by atoms with Crippen LogP contribution < -0.4 is 20.4 Å². The highest BCUT2D eigenvalue weighted by Crippen LogP contribution is 2.38. The van der Waals surface area contributed by atoms with Crippen LogP contribution in [0.5, 0.6) is 0 Å². The Morgan fingerprint density at radius 1 is 0.923 bits per heavy atom. The van der Waals surface area contributed by atoms with Crippen molar-refractivity contribution in [2.75, 3.05) is 40.6 Å². The summed E-state index contributed by atoms with van der Waals surface area (Å²) in [4.78, 5) is 64.8. The summed E-state index contributed by atoms with van der Waals surface area (Å²) >= 11 is 0. The van der Waals surface area contributed by atoms with E-state index in [9.17, 15) is 18.9 Å². The SMILES string of the molecule is CCC(CC(=O)O[C@H](C)OC(=O)N(C)c1ncccc1COP(=O)(O)O)c1ccc(N(CC(C)C)CC(C)C)c(NC(=O)Nc2ccc(C)cc2)c1. The quantitative estimate of drug-likeness (QED) is 0.0602. The summed E-state index contributed by atoms with van der Waals surface area (Å²) in [5.41, 5.74) is 4.27. The van der Waals surface area contributed by atoms with E-state index in [0.717, 1.165) is 34.8 Å². The fourth-order valence-electron chi connectivity index (χ4n) is 5.52. The van der Waals surface area contributed by atoms with Crippen LogP contribution in [0.15, 0.2) is 60.8 Å². The number of urea groups is 1. The molecular weight excluding hydrogens is 689 g/mol. The Kier molecular flexibility index (Phi) is 15.6. The average Bonchev–Trinajstić information content (AvgIpc) is 3.06. The molecule has 1 aromatic heterocycles. The van der Waals surface area contributed by atoms with Gasteiger partial charge in [-0.15, -0.1) is 0 Å². The second-order valence-corrected chi connectivity index (χ2v) is 14.7. The monoisotopic (exact) mass is 741 g/mol. The van der Waals surface area contributed by atoms with Crippen LogP contribution in [-0.2, 0) is 30.0 Å². The number of benzene rings is 2. The summed E-state index contributed by atoms with van der Waals surface area (Å²) in [5, 5.41) is 5.95. The molecule has 0 radical (unpaired) electrons. The summed E-state index contributed by atoms with van der Waals surface area (Å²) < 4.78 is 26.5. The van der Waals surface area contributed by atoms with Crippen LogP contribution in [0, 0.1) is 18.8 Å². The fourth-order valence-corrected chi connectivity index (χ4v) is 5.83. The van der Waals surface area contributed by atoms with E-state index in [1.54, 1.807) is 0 Å². The molecule has 0 aliphatic heterocycles. The summed E-state index contributed by atoms with van der Waals surface area (Å²) in [7, 11) is -3.41. The number of aryl methyl sites for hydroxylation is 1. The van der Waals surface area contributed by atoms with Gasteiger partial charge < -0.3 is 34.8 Å². The molecule has 0 aliphatic carbocycles. The molecule has 4 N–H and O–H groups in total. The van der Waals surface area contributed by atoms with Crippen LogP contribution in [0.1, 0.15) is 77.0 Å². The van der Waals surface area contributed by atoms with E-state index < -0.39 is 38.8 Å². The third kappa shape index (κ3) is 13.6. The number of amides is 3. The first-order valence-corrected chi connectivity index (χ1v) is 18.8. The Bertz CT molecular complexity index is 1690. The zero-order valence-corrected chi connectivity index (χ0v) is 32.1. The van der Waals surface area contributed by atoms with E-state index in [1.807, 2.05) is 56.3 Å². The Hall–Kier alpha value is -4.49. The highest BCUT2D eigenvalue weighted by Gasteiger charge is 2.25. The molecule has 3 amide bonds. The van der Waals surface area contributed by atoms with Gasteiger partial charge in [-0.1, -0.05) is 64.4 Å². The van der Waals surface area contributed by atoms with Crippen molar-refractivity contribution in [3.8, 4) is 0 Å². The lowest BCUT2D eigenvalue weighted by Gasteiger charge is -2.31. The highest BCUT2D eigenvalue weighted by atomic mass is 31.2. The van der Waals surface area contributed by atoms with Crippen molar-refractivity contribution in [1.82, 2.24) is 4.98 Å². The molecule has 3 rings (SSSR count). The minimum atomic E-state index is -4.77. The smallest absolute Gasteiger partial charge is 0.425 e. The number of rotatable bonds is 17. The van der Waals surface area contributed by atoms with Gasteiger partial charge in [0, 0.05) is 44.5 Å². The van der Waals surface area contributed by atoms with Crippen LogP contribution in [0.4, 0.5) is 32.5 Å². The van der Waals surface area contributed by atoms with Crippen molar-refractivity contribution >= 4 is 48.8 Å². The van der Waals surface area contributed by atoms with E-state index >= 15 is 0 Å². The van der Waals surface area contributed by atoms with E-state index in [-0.39, 0.29) is 23.7 Å². The van der Waals surface area contributed by atoms with Crippen molar-refractivity contribution in [1.29, 1.82) is 0 Å². The minimum Gasteiger partial charge on any atom is -0.425 e. The standard InChI is InChI=1S/C37H52N5O9P/c1-9-28(20-34(43)50-27(7)51-37(45)41(8)35-30(11-10-18-38-35)23-49-52(46,47)48)29-14-17-33(42(21-24(2)3)22-25(4)5)32(19-29)40-36(44)39-31-15-12-26(6)13-16-31/h10-19,24-25,27-28H,9,20-23H2,1-8H3,(H2,39,40,44)(H2,46,47,48)/t27-,28?/m0/s1. The molecule has 2 atom stereocenters. The maximum absolute atomic E-state index is 13.3. The topological polar surface area (TPSA) is 180 Å². The number of carbonyl (C=O) groups is 3. The van der Waals surface area contributed by atoms with Crippen LogP contribution in [0.2, 0.25) is 0 Å². The molecule has 52 heavy (non-hydrogen) atoms. The molecule has 0 saturated carbocycles. The molecule has 3 aromatic rings. The Balaban J connectivity index is 1.76. The lowest BCUT2D eigenvalue weighted by atomic mass is 9.92. The molecule has 0 bridgehead atoms. The average molecular weight is 742 g/mol. The molecule has 2 aromatic carbocycles. The Morgan fingerprint density at radius 3 is 2.17 bits per heavy atom. The number of ether oxygens (including phenoxy) is 2. The normalized spacial score (nSPS) is 12.6. The molecule has 14 nitrogen and oxygen atoms in total. The van der Waals surface area contributed by atoms with Gasteiger partial charge in [-0.25, -0.2) is 19.1 Å². The van der Waals surface area contributed by atoms with E-state index in [1.165, 1.54) is 32.3 Å². The molecule has 0 fully saturated rings. The van der Waals surface area contributed by atoms with Crippen LogP contribution in [-0.4, -0.2) is 59.3 Å². The number of hydrogen-bond donors (Lipinski definition) is 4. The number of pyridine rings is 1. The fraction of sp³-hybridized carbons (Fsp3) is 0.459. The molecule has 0 aliphatic rings. The van der Waals surface area contributed by atoms with Gasteiger partial charge in [0.1, 0.15) is 5.82 Å². The number of carbonyl (C=O) groups excluding carboxylic acids is 3. The lowest BCUT2D eigenvalue weighted by Crippen LogP contribution is -2.33. The lowest BCUT2D eigenvalue weighted by molar-refractivity contribution is -0.165. The van der Waals surface area contributed by atoms with E-state index in [2.05, 4.69) is 52.7 Å². The number of phosphoric acid groups is 1. The number of phosphoric ester groups is 1. The van der Waals surface area contributed by atoms with Gasteiger partial charge in [0.25, 0.3) is 0 Å². The summed E-state index contributed by atoms with van der Waals surface area (Å²) in [6.07, 6.45) is -0.213. The first-order chi connectivity index (χ1) is 24.4. The number of nitrogens with zero attached hydrogens (tertiary/aromatic N) is 3. The van der Waals surface area contributed by atoms with Crippen LogP contribution in [0.25, 0.3) is 0 Å². The van der Waals surface area contributed by atoms with Gasteiger partial charge in [0.05, 0.1) is 24.4 Å². The zero-order chi connectivity index (χ0) is 38.6. The van der Waals surface area contributed by atoms with Gasteiger partial charge >= 0.3 is 25.9 Å². The number of aromatic nitrogens is 1. The van der Waals surface area contributed by atoms with Crippen molar-refractivity contribution in [2.45, 2.75) is 80.1 Å². The summed E-state index contributed by atoms with van der Waals surface area (Å²) in [5.74, 6) is -0.0858. The number of esters is 1. The maximum atomic E-state index is 13.3.